The van der Waals surface area contributed by atoms with Gasteiger partial charge in [-0.25, -0.2) is 17.7 Å². The predicted octanol–water partition coefficient (Wildman–Crippen LogP) is 1.98. The lowest BCUT2D eigenvalue weighted by atomic mass is 10.1. The van der Waals surface area contributed by atoms with E-state index >= 15 is 0 Å². The lowest BCUT2D eigenvalue weighted by molar-refractivity contribution is -0.116. The third kappa shape index (κ3) is 4.20. The van der Waals surface area contributed by atoms with Crippen LogP contribution in [0.15, 0.2) is 58.5 Å². The molecule has 152 valence electrons. The van der Waals surface area contributed by atoms with E-state index in [-0.39, 0.29) is 29.1 Å². The maximum Gasteiger partial charge on any atom is 0.261 e. The normalized spacial score (nSPS) is 11.7. The van der Waals surface area contributed by atoms with Crippen LogP contribution in [0.2, 0.25) is 0 Å². The molecule has 1 aromatic heterocycles. The van der Waals surface area contributed by atoms with E-state index in [0.29, 0.717) is 10.9 Å². The SMILES string of the molecule is Cc1cccc2c(=O)n(CCC(=O)Nc3ccccc3S(=O)(=O)N(C)C)cnc12. The Morgan fingerprint density at radius 2 is 1.86 bits per heavy atom. The van der Waals surface area contributed by atoms with Gasteiger partial charge in [0.1, 0.15) is 4.90 Å². The molecule has 1 amide bonds. The van der Waals surface area contributed by atoms with Gasteiger partial charge in [-0.15, -0.1) is 0 Å². The van der Waals surface area contributed by atoms with Crippen molar-refractivity contribution >= 4 is 32.5 Å². The molecule has 0 fully saturated rings. The van der Waals surface area contributed by atoms with E-state index in [2.05, 4.69) is 10.3 Å². The van der Waals surface area contributed by atoms with Gasteiger partial charge in [0.25, 0.3) is 5.56 Å². The van der Waals surface area contributed by atoms with Crippen molar-refractivity contribution in [1.29, 1.82) is 0 Å². The summed E-state index contributed by atoms with van der Waals surface area (Å²) < 4.78 is 27.3. The number of carbonyl (C=O) groups is 1. The number of hydrogen-bond donors (Lipinski definition) is 1. The highest BCUT2D eigenvalue weighted by Crippen LogP contribution is 2.23. The Kier molecular flexibility index (Phi) is 5.81. The molecule has 1 N–H and O–H groups in total. The third-order valence-corrected chi connectivity index (χ3v) is 6.43. The van der Waals surface area contributed by atoms with Gasteiger partial charge in [0.15, 0.2) is 0 Å². The minimum Gasteiger partial charge on any atom is -0.325 e. The van der Waals surface area contributed by atoms with E-state index in [0.717, 1.165) is 9.87 Å². The molecule has 0 saturated heterocycles. The number of rotatable bonds is 6. The van der Waals surface area contributed by atoms with E-state index < -0.39 is 15.9 Å². The number of benzene rings is 2. The standard InChI is InChI=1S/C20H22N4O4S/c1-14-7-6-8-15-19(14)21-13-24(20(15)26)12-11-18(25)22-16-9-4-5-10-17(16)29(27,28)23(2)3/h4-10,13H,11-12H2,1-3H3,(H,22,25). The second-order valence-corrected chi connectivity index (χ2v) is 8.92. The van der Waals surface area contributed by atoms with Gasteiger partial charge in [-0.1, -0.05) is 24.3 Å². The van der Waals surface area contributed by atoms with Gasteiger partial charge in [-0.3, -0.25) is 14.2 Å². The van der Waals surface area contributed by atoms with Gasteiger partial charge >= 0.3 is 0 Å². The molecule has 0 aliphatic rings. The average molecular weight is 414 g/mol. The first-order valence-electron chi connectivity index (χ1n) is 8.98. The van der Waals surface area contributed by atoms with Crippen LogP contribution in [-0.2, 0) is 21.4 Å². The number of aromatic nitrogens is 2. The minimum absolute atomic E-state index is 0.00471. The number of aryl methyl sites for hydroxylation is 2. The monoisotopic (exact) mass is 414 g/mol. The van der Waals surface area contributed by atoms with Crippen molar-refractivity contribution in [2.75, 3.05) is 19.4 Å². The Balaban J connectivity index is 1.78. The number of sulfonamides is 1. The quantitative estimate of drug-likeness (QED) is 0.665. The summed E-state index contributed by atoms with van der Waals surface area (Å²) in [5.74, 6) is -0.400. The van der Waals surface area contributed by atoms with Crippen molar-refractivity contribution in [3.05, 3.63) is 64.7 Å². The number of hydrogen-bond acceptors (Lipinski definition) is 5. The highest BCUT2D eigenvalue weighted by molar-refractivity contribution is 7.89. The first kappa shape index (κ1) is 20.7. The van der Waals surface area contributed by atoms with Gasteiger partial charge in [0.05, 0.1) is 22.9 Å². The summed E-state index contributed by atoms with van der Waals surface area (Å²) in [5, 5.41) is 3.12. The van der Waals surface area contributed by atoms with Crippen LogP contribution >= 0.6 is 0 Å². The van der Waals surface area contributed by atoms with Gasteiger partial charge in [0.2, 0.25) is 15.9 Å². The van der Waals surface area contributed by atoms with Gasteiger partial charge in [0, 0.05) is 27.1 Å². The lowest BCUT2D eigenvalue weighted by Crippen LogP contribution is -2.26. The molecule has 0 unspecified atom stereocenters. The Hall–Kier alpha value is -3.04. The molecule has 3 rings (SSSR count). The molecule has 0 radical (unpaired) electrons. The largest absolute Gasteiger partial charge is 0.325 e. The fourth-order valence-corrected chi connectivity index (χ4v) is 3.96. The predicted molar refractivity (Wildman–Crippen MR) is 111 cm³/mol. The molecule has 0 saturated carbocycles. The highest BCUT2D eigenvalue weighted by atomic mass is 32.2. The zero-order valence-electron chi connectivity index (χ0n) is 16.4. The summed E-state index contributed by atoms with van der Waals surface area (Å²) >= 11 is 0. The Bertz CT molecular complexity index is 1230. The number of anilines is 1. The molecular weight excluding hydrogens is 392 g/mol. The topological polar surface area (TPSA) is 101 Å². The molecule has 1 heterocycles. The van der Waals surface area contributed by atoms with Crippen LogP contribution in [-0.4, -0.2) is 42.3 Å². The van der Waals surface area contributed by atoms with Crippen molar-refractivity contribution in [3.8, 4) is 0 Å². The second kappa shape index (κ2) is 8.14. The van der Waals surface area contributed by atoms with Crippen molar-refractivity contribution < 1.29 is 13.2 Å². The van der Waals surface area contributed by atoms with Crippen molar-refractivity contribution in [2.24, 2.45) is 0 Å². The zero-order valence-corrected chi connectivity index (χ0v) is 17.2. The van der Waals surface area contributed by atoms with E-state index in [1.54, 1.807) is 24.3 Å². The number of amides is 1. The molecule has 2 aromatic carbocycles. The number of carbonyl (C=O) groups excluding carboxylic acids is 1. The fraction of sp³-hybridized carbons (Fsp3) is 0.250. The first-order chi connectivity index (χ1) is 13.7. The Morgan fingerprint density at radius 3 is 2.59 bits per heavy atom. The third-order valence-electron chi connectivity index (χ3n) is 4.55. The molecular formula is C20H22N4O4S. The van der Waals surface area contributed by atoms with Gasteiger partial charge in [-0.05, 0) is 30.7 Å². The van der Waals surface area contributed by atoms with Gasteiger partial charge < -0.3 is 5.32 Å². The van der Waals surface area contributed by atoms with Crippen LogP contribution in [0.4, 0.5) is 5.69 Å². The van der Waals surface area contributed by atoms with E-state index in [1.165, 1.54) is 37.1 Å². The number of nitrogens with one attached hydrogen (secondary N) is 1. The number of fused-ring (bicyclic) bond motifs is 1. The molecule has 0 aliphatic carbocycles. The van der Waals surface area contributed by atoms with Crippen LogP contribution in [0, 0.1) is 6.92 Å². The molecule has 0 atom stereocenters. The first-order valence-corrected chi connectivity index (χ1v) is 10.4. The molecule has 0 aliphatic heterocycles. The zero-order chi connectivity index (χ0) is 21.2. The van der Waals surface area contributed by atoms with Crippen LogP contribution < -0.4 is 10.9 Å². The Labute approximate surface area is 168 Å². The summed E-state index contributed by atoms with van der Waals surface area (Å²) in [5.41, 5.74) is 1.53. The highest BCUT2D eigenvalue weighted by Gasteiger charge is 2.21. The molecule has 0 spiro atoms. The van der Waals surface area contributed by atoms with Crippen molar-refractivity contribution in [2.45, 2.75) is 24.8 Å². The van der Waals surface area contributed by atoms with E-state index in [9.17, 15) is 18.0 Å². The minimum atomic E-state index is -3.70. The van der Waals surface area contributed by atoms with Gasteiger partial charge in [-0.2, -0.15) is 0 Å². The number of para-hydroxylation sites is 2. The van der Waals surface area contributed by atoms with E-state index in [4.69, 9.17) is 0 Å². The van der Waals surface area contributed by atoms with Crippen molar-refractivity contribution in [3.63, 3.8) is 0 Å². The van der Waals surface area contributed by atoms with Crippen LogP contribution in [0.25, 0.3) is 10.9 Å². The second-order valence-electron chi connectivity index (χ2n) is 6.80. The smallest absolute Gasteiger partial charge is 0.261 e. The van der Waals surface area contributed by atoms with E-state index in [1.807, 2.05) is 13.0 Å². The van der Waals surface area contributed by atoms with Crippen LogP contribution in [0.3, 0.4) is 0 Å². The fourth-order valence-electron chi connectivity index (χ4n) is 2.92. The van der Waals surface area contributed by atoms with Crippen LogP contribution in [0.1, 0.15) is 12.0 Å². The molecule has 3 aromatic rings. The Morgan fingerprint density at radius 1 is 1.14 bits per heavy atom. The summed E-state index contributed by atoms with van der Waals surface area (Å²) in [4.78, 5) is 29.4. The number of nitrogens with zero attached hydrogens (tertiary/aromatic N) is 3. The maximum absolute atomic E-state index is 12.6. The summed E-state index contributed by atoms with van der Waals surface area (Å²) in [6, 6.07) is 11.6. The molecule has 29 heavy (non-hydrogen) atoms. The average Bonchev–Trinajstić information content (AvgIpc) is 2.68. The summed E-state index contributed by atoms with van der Waals surface area (Å²) in [7, 11) is -0.851. The molecule has 9 heteroatoms. The molecule has 8 nitrogen and oxygen atoms in total. The lowest BCUT2D eigenvalue weighted by Gasteiger charge is -2.15. The maximum atomic E-state index is 12.6. The van der Waals surface area contributed by atoms with Crippen LogP contribution in [0.5, 0.6) is 0 Å². The molecule has 0 bridgehead atoms. The summed E-state index contributed by atoms with van der Waals surface area (Å²) in [6.45, 7) is 2.01. The van der Waals surface area contributed by atoms with Crippen molar-refractivity contribution in [1.82, 2.24) is 13.9 Å². The summed E-state index contributed by atoms with van der Waals surface area (Å²) in [6.07, 6.45) is 1.42.